The third-order valence-corrected chi connectivity index (χ3v) is 5.85. The van der Waals surface area contributed by atoms with Crippen LogP contribution in [0.4, 0.5) is 0 Å². The first-order valence-corrected chi connectivity index (χ1v) is 8.99. The van der Waals surface area contributed by atoms with Crippen molar-refractivity contribution in [2.24, 2.45) is 17.8 Å². The topological polar surface area (TPSA) is 52.6 Å². The lowest BCUT2D eigenvalue weighted by Gasteiger charge is -2.44. The normalized spacial score (nSPS) is 40.9. The van der Waals surface area contributed by atoms with Crippen LogP contribution in [0.5, 0.6) is 0 Å². The van der Waals surface area contributed by atoms with Gasteiger partial charge < -0.3 is 9.47 Å². The van der Waals surface area contributed by atoms with Gasteiger partial charge in [-0.2, -0.15) is 0 Å². The van der Waals surface area contributed by atoms with Gasteiger partial charge >= 0.3 is 5.97 Å². The quantitative estimate of drug-likeness (QED) is 0.748. The van der Waals surface area contributed by atoms with E-state index in [4.69, 9.17) is 9.47 Å². The lowest BCUT2D eigenvalue weighted by atomic mass is 9.74. The third kappa shape index (κ3) is 3.37. The lowest BCUT2D eigenvalue weighted by molar-refractivity contribution is -0.184. The van der Waals surface area contributed by atoms with Gasteiger partial charge in [0.2, 0.25) is 0 Å². The zero-order chi connectivity index (χ0) is 16.6. The highest BCUT2D eigenvalue weighted by Crippen LogP contribution is 2.42. The number of carbonyl (C=O) groups is 2. The van der Waals surface area contributed by atoms with Crippen molar-refractivity contribution in [1.82, 2.24) is 0 Å². The molecule has 23 heavy (non-hydrogen) atoms. The van der Waals surface area contributed by atoms with Crippen LogP contribution in [0.1, 0.15) is 59.3 Å². The number of Topliss-reactive ketones (excluding diaryl/α,β-unsaturated/α-hetero) is 1. The first-order valence-electron chi connectivity index (χ1n) is 8.99. The fraction of sp³-hybridized carbons (Fsp3) is 0.789. The molecule has 0 N–H and O–H groups in total. The van der Waals surface area contributed by atoms with E-state index in [0.717, 1.165) is 6.42 Å². The molecule has 1 aliphatic heterocycles. The van der Waals surface area contributed by atoms with E-state index >= 15 is 0 Å². The van der Waals surface area contributed by atoms with Gasteiger partial charge in [-0.3, -0.25) is 4.79 Å². The summed E-state index contributed by atoms with van der Waals surface area (Å²) in [5.41, 5.74) is -0.715. The van der Waals surface area contributed by atoms with Gasteiger partial charge in [-0.15, -0.1) is 0 Å². The van der Waals surface area contributed by atoms with Crippen LogP contribution >= 0.6 is 0 Å². The van der Waals surface area contributed by atoms with Crippen LogP contribution in [0.2, 0.25) is 0 Å². The first-order chi connectivity index (χ1) is 10.9. The molecule has 0 unspecified atom stereocenters. The van der Waals surface area contributed by atoms with Crippen LogP contribution in [0, 0.1) is 17.8 Å². The summed E-state index contributed by atoms with van der Waals surface area (Å²) >= 11 is 0. The Morgan fingerprint density at radius 1 is 1.30 bits per heavy atom. The Bertz CT molecular complexity index is 509. The Morgan fingerprint density at radius 3 is 2.74 bits per heavy atom. The fourth-order valence-corrected chi connectivity index (χ4v) is 4.39. The van der Waals surface area contributed by atoms with Crippen LogP contribution in [-0.4, -0.2) is 29.6 Å². The number of hydrogen-bond donors (Lipinski definition) is 0. The van der Waals surface area contributed by atoms with E-state index in [1.54, 1.807) is 0 Å². The molecule has 0 aromatic rings. The Kier molecular flexibility index (Phi) is 4.63. The summed E-state index contributed by atoms with van der Waals surface area (Å²) in [6, 6.07) is 0. The molecule has 2 aliphatic carbocycles. The third-order valence-electron chi connectivity index (χ3n) is 5.85. The first kappa shape index (κ1) is 16.7. The summed E-state index contributed by atoms with van der Waals surface area (Å²) in [6.07, 6.45) is 7.94. The fourth-order valence-electron chi connectivity index (χ4n) is 4.39. The molecular weight excluding hydrogens is 292 g/mol. The van der Waals surface area contributed by atoms with Crippen molar-refractivity contribution in [3.8, 4) is 0 Å². The minimum absolute atomic E-state index is 0.152. The van der Waals surface area contributed by atoms with Gasteiger partial charge in [0, 0.05) is 25.3 Å². The van der Waals surface area contributed by atoms with Crippen LogP contribution < -0.4 is 0 Å². The maximum absolute atomic E-state index is 12.0. The summed E-state index contributed by atoms with van der Waals surface area (Å²) in [5, 5.41) is 0. The molecule has 4 nitrogen and oxygen atoms in total. The van der Waals surface area contributed by atoms with Gasteiger partial charge in [0.1, 0.15) is 11.9 Å². The second-order valence-electron chi connectivity index (χ2n) is 7.94. The summed E-state index contributed by atoms with van der Waals surface area (Å²) in [6.45, 7) is 6.76. The molecule has 1 spiro atoms. The van der Waals surface area contributed by atoms with Crippen molar-refractivity contribution in [1.29, 1.82) is 0 Å². The van der Waals surface area contributed by atoms with Gasteiger partial charge in [0.25, 0.3) is 0 Å². The van der Waals surface area contributed by atoms with E-state index < -0.39 is 5.60 Å². The summed E-state index contributed by atoms with van der Waals surface area (Å²) in [5.74, 6) is 1.62. The lowest BCUT2D eigenvalue weighted by Crippen LogP contribution is -2.51. The van der Waals surface area contributed by atoms with Gasteiger partial charge in [0.15, 0.2) is 5.60 Å². The predicted octanol–water partition coefficient (Wildman–Crippen LogP) is 3.44. The Balaban J connectivity index is 1.78. The minimum Gasteiger partial charge on any atom is -0.449 e. The number of ether oxygens (including phenoxy) is 2. The highest BCUT2D eigenvalue weighted by Gasteiger charge is 2.49. The number of carbonyl (C=O) groups excluding carboxylic acids is 2. The van der Waals surface area contributed by atoms with Crippen molar-refractivity contribution < 1.29 is 19.1 Å². The molecule has 0 radical (unpaired) electrons. The highest BCUT2D eigenvalue weighted by molar-refractivity contribution is 5.87. The maximum atomic E-state index is 12.0. The van der Waals surface area contributed by atoms with Crippen molar-refractivity contribution in [2.75, 3.05) is 0 Å². The zero-order valence-corrected chi connectivity index (χ0v) is 14.4. The SMILES string of the molecule is CC(C)[C@@H]1CC[C@@H](C)C[C@H]1O[C@@H]1CC(=O)CC[C@@]12C=CC(=O)O2. The van der Waals surface area contributed by atoms with E-state index in [2.05, 4.69) is 20.8 Å². The van der Waals surface area contributed by atoms with Crippen LogP contribution in [0.3, 0.4) is 0 Å². The molecule has 0 bridgehead atoms. The maximum Gasteiger partial charge on any atom is 0.331 e. The number of esters is 1. The van der Waals surface area contributed by atoms with E-state index in [0.29, 0.717) is 37.0 Å². The van der Waals surface area contributed by atoms with E-state index in [-0.39, 0.29) is 24.0 Å². The molecule has 3 aliphatic rings. The van der Waals surface area contributed by atoms with Crippen molar-refractivity contribution in [3.63, 3.8) is 0 Å². The monoisotopic (exact) mass is 320 g/mol. The molecule has 3 rings (SSSR count). The molecule has 0 saturated heterocycles. The number of rotatable bonds is 3. The molecule has 1 heterocycles. The van der Waals surface area contributed by atoms with Crippen molar-refractivity contribution in [2.45, 2.75) is 77.1 Å². The van der Waals surface area contributed by atoms with E-state index in [1.165, 1.54) is 18.9 Å². The van der Waals surface area contributed by atoms with Crippen LogP contribution in [0.15, 0.2) is 12.2 Å². The standard InChI is InChI=1S/C19H28O4/c1-12(2)15-5-4-13(3)10-16(15)22-17-11-14(20)6-8-19(17)9-7-18(21)23-19/h7,9,12-13,15-17H,4-6,8,10-11H2,1-3H3/t13-,15+,16-,17-,19-/m1/s1. The second kappa shape index (κ2) is 6.39. The summed E-state index contributed by atoms with van der Waals surface area (Å²) < 4.78 is 12.1. The average Bonchev–Trinajstić information content (AvgIpc) is 2.85. The van der Waals surface area contributed by atoms with Crippen LogP contribution in [-0.2, 0) is 19.1 Å². The van der Waals surface area contributed by atoms with Gasteiger partial charge in [-0.1, -0.05) is 27.2 Å². The zero-order valence-electron chi connectivity index (χ0n) is 14.4. The molecule has 5 atom stereocenters. The predicted molar refractivity (Wildman–Crippen MR) is 86.8 cm³/mol. The summed E-state index contributed by atoms with van der Waals surface area (Å²) in [7, 11) is 0. The molecule has 4 heteroatoms. The highest BCUT2D eigenvalue weighted by atomic mass is 16.6. The van der Waals surface area contributed by atoms with Gasteiger partial charge in [-0.05, 0) is 36.7 Å². The number of ketones is 1. The number of hydrogen-bond acceptors (Lipinski definition) is 4. The van der Waals surface area contributed by atoms with Gasteiger partial charge in [0.05, 0.1) is 6.10 Å². The van der Waals surface area contributed by atoms with Crippen molar-refractivity contribution in [3.05, 3.63) is 12.2 Å². The Morgan fingerprint density at radius 2 is 2.09 bits per heavy atom. The largest absolute Gasteiger partial charge is 0.449 e. The minimum atomic E-state index is -0.715. The molecule has 128 valence electrons. The molecular formula is C19H28O4. The van der Waals surface area contributed by atoms with Gasteiger partial charge in [-0.25, -0.2) is 4.79 Å². The smallest absolute Gasteiger partial charge is 0.331 e. The van der Waals surface area contributed by atoms with Crippen molar-refractivity contribution >= 4 is 11.8 Å². The molecule has 0 aromatic heterocycles. The van der Waals surface area contributed by atoms with E-state index in [9.17, 15) is 9.59 Å². The van der Waals surface area contributed by atoms with Crippen LogP contribution in [0.25, 0.3) is 0 Å². The average molecular weight is 320 g/mol. The molecule has 2 saturated carbocycles. The molecule has 2 fully saturated rings. The summed E-state index contributed by atoms with van der Waals surface area (Å²) in [4.78, 5) is 23.6. The van der Waals surface area contributed by atoms with E-state index in [1.807, 2.05) is 6.08 Å². The Hall–Kier alpha value is -1.16. The Labute approximate surface area is 138 Å². The molecule has 0 aromatic carbocycles. The molecule has 0 amide bonds. The second-order valence-corrected chi connectivity index (χ2v) is 7.94.